The third-order valence-electron chi connectivity index (χ3n) is 4.13. The van der Waals surface area contributed by atoms with Crippen LogP contribution in [0.25, 0.3) is 10.9 Å². The van der Waals surface area contributed by atoms with Crippen molar-refractivity contribution >= 4 is 22.7 Å². The molecule has 26 heavy (non-hydrogen) atoms. The summed E-state index contributed by atoms with van der Waals surface area (Å²) in [5, 5.41) is 0.822. The van der Waals surface area contributed by atoms with Gasteiger partial charge in [0.2, 0.25) is 5.78 Å². The number of carbonyl (C=O) groups excluding carboxylic acids is 2. The van der Waals surface area contributed by atoms with Crippen molar-refractivity contribution in [2.75, 3.05) is 6.61 Å². The highest BCUT2D eigenvalue weighted by molar-refractivity contribution is 6.10. The molecule has 1 atom stereocenters. The molecule has 3 aromatic rings. The Morgan fingerprint density at radius 2 is 1.81 bits per heavy atom. The minimum atomic E-state index is -0.846. The lowest BCUT2D eigenvalue weighted by Crippen LogP contribution is -2.25. The zero-order valence-corrected chi connectivity index (χ0v) is 14.8. The highest BCUT2D eigenvalue weighted by Crippen LogP contribution is 2.20. The standard InChI is InChI=1S/C21H21NO4/c1-14-7-9-16(10-8-14)25-12-11-20(23)26-15(2)21(24)18-13-22-19-6-4-3-5-17(18)19/h3-10,13,15,22H,11-12H2,1-2H3/t15-/m0/s1. The maximum atomic E-state index is 12.6. The number of benzene rings is 2. The number of ketones is 1. The second-order valence-corrected chi connectivity index (χ2v) is 6.16. The number of nitrogens with one attached hydrogen (secondary N) is 1. The zero-order valence-electron chi connectivity index (χ0n) is 14.8. The van der Waals surface area contributed by atoms with Gasteiger partial charge in [-0.1, -0.05) is 35.9 Å². The topological polar surface area (TPSA) is 68.4 Å². The van der Waals surface area contributed by atoms with Crippen LogP contribution in [0.2, 0.25) is 0 Å². The molecule has 0 aliphatic carbocycles. The van der Waals surface area contributed by atoms with Crippen molar-refractivity contribution in [3.8, 4) is 5.75 Å². The van der Waals surface area contributed by atoms with Crippen LogP contribution in [0.1, 0.15) is 29.3 Å². The number of aryl methyl sites for hydroxylation is 1. The van der Waals surface area contributed by atoms with E-state index in [4.69, 9.17) is 9.47 Å². The van der Waals surface area contributed by atoms with Crippen molar-refractivity contribution in [1.29, 1.82) is 0 Å². The van der Waals surface area contributed by atoms with Gasteiger partial charge in [-0.25, -0.2) is 0 Å². The summed E-state index contributed by atoms with van der Waals surface area (Å²) in [4.78, 5) is 27.6. The fourth-order valence-corrected chi connectivity index (χ4v) is 2.69. The summed E-state index contributed by atoms with van der Waals surface area (Å²) in [7, 11) is 0. The van der Waals surface area contributed by atoms with Gasteiger partial charge in [-0.05, 0) is 32.0 Å². The van der Waals surface area contributed by atoms with Gasteiger partial charge < -0.3 is 14.5 Å². The average Bonchev–Trinajstić information content (AvgIpc) is 3.06. The first-order valence-electron chi connectivity index (χ1n) is 8.54. The van der Waals surface area contributed by atoms with Gasteiger partial charge in [0.05, 0.1) is 13.0 Å². The van der Waals surface area contributed by atoms with Crippen LogP contribution in [0.5, 0.6) is 5.75 Å². The smallest absolute Gasteiger partial charge is 0.309 e. The lowest BCUT2D eigenvalue weighted by atomic mass is 10.1. The summed E-state index contributed by atoms with van der Waals surface area (Å²) in [5.74, 6) is 0.0133. The molecule has 0 spiro atoms. The van der Waals surface area contributed by atoms with Gasteiger partial charge in [-0.15, -0.1) is 0 Å². The summed E-state index contributed by atoms with van der Waals surface area (Å²) in [6.07, 6.45) is 0.887. The van der Waals surface area contributed by atoms with Crippen LogP contribution in [-0.2, 0) is 9.53 Å². The summed E-state index contributed by atoms with van der Waals surface area (Å²) in [6, 6.07) is 15.1. The van der Waals surface area contributed by atoms with Crippen LogP contribution in [0.15, 0.2) is 54.7 Å². The van der Waals surface area contributed by atoms with Crippen LogP contribution < -0.4 is 4.74 Å². The lowest BCUT2D eigenvalue weighted by molar-refractivity contribution is -0.146. The van der Waals surface area contributed by atoms with Gasteiger partial charge in [-0.2, -0.15) is 0 Å². The Morgan fingerprint density at radius 3 is 2.58 bits per heavy atom. The number of fused-ring (bicyclic) bond motifs is 1. The minimum Gasteiger partial charge on any atom is -0.493 e. The Labute approximate surface area is 151 Å². The molecule has 0 fully saturated rings. The molecular formula is C21H21NO4. The lowest BCUT2D eigenvalue weighted by Gasteiger charge is -2.12. The number of Topliss-reactive ketones (excluding diaryl/α,β-unsaturated/α-hetero) is 1. The molecule has 0 unspecified atom stereocenters. The van der Waals surface area contributed by atoms with E-state index in [1.807, 2.05) is 55.5 Å². The molecule has 0 radical (unpaired) electrons. The van der Waals surface area contributed by atoms with Gasteiger partial charge in [0, 0.05) is 22.7 Å². The number of ether oxygens (including phenoxy) is 2. The number of aromatic nitrogens is 1. The molecule has 1 N–H and O–H groups in total. The first kappa shape index (κ1) is 17.7. The zero-order chi connectivity index (χ0) is 18.5. The van der Waals surface area contributed by atoms with E-state index in [-0.39, 0.29) is 18.8 Å². The number of hydrogen-bond donors (Lipinski definition) is 1. The molecule has 134 valence electrons. The highest BCUT2D eigenvalue weighted by Gasteiger charge is 2.22. The quantitative estimate of drug-likeness (QED) is 0.515. The van der Waals surface area contributed by atoms with E-state index >= 15 is 0 Å². The van der Waals surface area contributed by atoms with Gasteiger partial charge in [0.15, 0.2) is 6.10 Å². The van der Waals surface area contributed by atoms with E-state index in [2.05, 4.69) is 4.98 Å². The molecule has 2 aromatic carbocycles. The minimum absolute atomic E-state index is 0.0827. The molecule has 3 rings (SSSR count). The Morgan fingerprint density at radius 1 is 1.08 bits per heavy atom. The van der Waals surface area contributed by atoms with E-state index in [0.29, 0.717) is 11.3 Å². The molecule has 5 heteroatoms. The van der Waals surface area contributed by atoms with E-state index in [1.54, 1.807) is 13.1 Å². The summed E-state index contributed by atoms with van der Waals surface area (Å²) >= 11 is 0. The van der Waals surface area contributed by atoms with Gasteiger partial charge in [-0.3, -0.25) is 9.59 Å². The molecule has 5 nitrogen and oxygen atoms in total. The molecule has 0 amide bonds. The maximum Gasteiger partial charge on any atom is 0.309 e. The molecule has 1 heterocycles. The summed E-state index contributed by atoms with van der Waals surface area (Å²) < 4.78 is 10.8. The first-order chi connectivity index (χ1) is 12.5. The van der Waals surface area contributed by atoms with Crippen molar-refractivity contribution < 1.29 is 19.1 Å². The van der Waals surface area contributed by atoms with E-state index in [9.17, 15) is 9.59 Å². The average molecular weight is 351 g/mol. The van der Waals surface area contributed by atoms with E-state index < -0.39 is 12.1 Å². The van der Waals surface area contributed by atoms with Crippen LogP contribution in [0.4, 0.5) is 0 Å². The Balaban J connectivity index is 1.52. The molecule has 0 aliphatic rings. The fourth-order valence-electron chi connectivity index (χ4n) is 2.69. The Kier molecular flexibility index (Phi) is 5.37. The number of H-pyrrole nitrogens is 1. The molecule has 0 saturated heterocycles. The third-order valence-corrected chi connectivity index (χ3v) is 4.13. The molecule has 0 aliphatic heterocycles. The second kappa shape index (κ2) is 7.87. The number of esters is 1. The van der Waals surface area contributed by atoms with Crippen molar-refractivity contribution in [3.05, 3.63) is 65.9 Å². The predicted octanol–water partition coefficient (Wildman–Crippen LogP) is 4.06. The Hall–Kier alpha value is -3.08. The number of aromatic amines is 1. The van der Waals surface area contributed by atoms with Crippen LogP contribution in [-0.4, -0.2) is 29.4 Å². The van der Waals surface area contributed by atoms with Gasteiger partial charge in [0.25, 0.3) is 0 Å². The van der Waals surface area contributed by atoms with Gasteiger partial charge in [0.1, 0.15) is 5.75 Å². The molecular weight excluding hydrogens is 330 g/mol. The van der Waals surface area contributed by atoms with E-state index in [1.165, 1.54) is 0 Å². The fraction of sp³-hybridized carbons (Fsp3) is 0.238. The van der Waals surface area contributed by atoms with Crippen LogP contribution in [0.3, 0.4) is 0 Å². The van der Waals surface area contributed by atoms with Gasteiger partial charge >= 0.3 is 5.97 Å². The largest absolute Gasteiger partial charge is 0.493 e. The van der Waals surface area contributed by atoms with Crippen molar-refractivity contribution in [3.63, 3.8) is 0 Å². The first-order valence-corrected chi connectivity index (χ1v) is 8.54. The van der Waals surface area contributed by atoms with E-state index in [0.717, 1.165) is 16.5 Å². The molecule has 0 saturated carbocycles. The third kappa shape index (κ3) is 4.11. The summed E-state index contributed by atoms with van der Waals surface area (Å²) in [5.41, 5.74) is 2.54. The Bertz CT molecular complexity index is 911. The maximum absolute atomic E-state index is 12.6. The SMILES string of the molecule is Cc1ccc(OCCC(=O)O[C@@H](C)C(=O)c2c[nH]c3ccccc23)cc1. The number of carbonyl (C=O) groups is 2. The van der Waals surface area contributed by atoms with Crippen LogP contribution >= 0.6 is 0 Å². The van der Waals surface area contributed by atoms with Crippen molar-refractivity contribution in [2.24, 2.45) is 0 Å². The molecule has 1 aromatic heterocycles. The second-order valence-electron chi connectivity index (χ2n) is 6.16. The highest BCUT2D eigenvalue weighted by atomic mass is 16.5. The number of para-hydroxylation sites is 1. The monoisotopic (exact) mass is 351 g/mol. The van der Waals surface area contributed by atoms with Crippen molar-refractivity contribution in [1.82, 2.24) is 4.98 Å². The van der Waals surface area contributed by atoms with Crippen LogP contribution in [0, 0.1) is 6.92 Å². The number of hydrogen-bond acceptors (Lipinski definition) is 4. The number of rotatable bonds is 7. The normalized spacial score (nSPS) is 11.9. The van der Waals surface area contributed by atoms with Crippen molar-refractivity contribution in [2.45, 2.75) is 26.4 Å². The summed E-state index contributed by atoms with van der Waals surface area (Å²) in [6.45, 7) is 3.78. The predicted molar refractivity (Wildman–Crippen MR) is 99.5 cm³/mol. The molecule has 0 bridgehead atoms.